The maximum Gasteiger partial charge on any atom is 0.337 e. The zero-order valence-electron chi connectivity index (χ0n) is 15.2. The van der Waals surface area contributed by atoms with Gasteiger partial charge >= 0.3 is 11.9 Å². The van der Waals surface area contributed by atoms with Gasteiger partial charge in [0, 0.05) is 21.8 Å². The molecule has 0 fully saturated rings. The molecule has 0 unspecified atom stereocenters. The average Bonchev–Trinajstić information content (AvgIpc) is 2.70. The van der Waals surface area contributed by atoms with Crippen molar-refractivity contribution >= 4 is 45.5 Å². The third-order valence-corrected chi connectivity index (χ3v) is 4.00. The molecule has 0 aliphatic carbocycles. The van der Waals surface area contributed by atoms with E-state index in [4.69, 9.17) is 9.47 Å². The Labute approximate surface area is 170 Å². The molecule has 0 bridgehead atoms. The summed E-state index contributed by atoms with van der Waals surface area (Å²) in [4.78, 5) is 35.3. The lowest BCUT2D eigenvalue weighted by Crippen LogP contribution is -2.20. The monoisotopic (exact) mass is 447 g/mol. The van der Waals surface area contributed by atoms with Crippen LogP contribution in [0.1, 0.15) is 15.9 Å². The summed E-state index contributed by atoms with van der Waals surface area (Å²) in [6, 6.07) is 11.6. The Hall–Kier alpha value is -3.13. The number of hydrogen-bond donors (Lipinski definition) is 1. The number of hydrogen-bond acceptors (Lipinski definition) is 6. The summed E-state index contributed by atoms with van der Waals surface area (Å²) in [5.41, 5.74) is 1.36. The van der Waals surface area contributed by atoms with Gasteiger partial charge in [-0.05, 0) is 42.5 Å². The fourth-order valence-corrected chi connectivity index (χ4v) is 2.60. The summed E-state index contributed by atoms with van der Waals surface area (Å²) in [5.74, 6) is -1.14. The van der Waals surface area contributed by atoms with Crippen LogP contribution in [0, 0.1) is 0 Å². The molecule has 1 amide bonds. The van der Waals surface area contributed by atoms with E-state index in [1.54, 1.807) is 30.3 Å². The van der Waals surface area contributed by atoms with Crippen molar-refractivity contribution in [2.24, 2.45) is 0 Å². The van der Waals surface area contributed by atoms with Crippen LogP contribution in [0.2, 0.25) is 0 Å². The average molecular weight is 448 g/mol. The standard InChI is InChI=1S/C20H18BrNO6/c1-26-17-8-7-15(21)10-13(17)6-9-19(24)28-12-18(23)22-16-5-3-4-14(11-16)20(25)27-2/h3-11H,12H2,1-2H3,(H,22,23)/b9-6+. The number of halogens is 1. The van der Waals surface area contributed by atoms with Gasteiger partial charge in [-0.25, -0.2) is 9.59 Å². The maximum absolute atomic E-state index is 11.9. The molecule has 0 saturated heterocycles. The number of methoxy groups -OCH3 is 2. The van der Waals surface area contributed by atoms with Crippen LogP contribution in [0.15, 0.2) is 53.0 Å². The molecule has 0 aliphatic heterocycles. The van der Waals surface area contributed by atoms with Crippen LogP contribution in [0.25, 0.3) is 6.08 Å². The molecule has 2 aromatic carbocycles. The van der Waals surface area contributed by atoms with Crippen molar-refractivity contribution in [3.63, 3.8) is 0 Å². The predicted octanol–water partition coefficient (Wildman–Crippen LogP) is 3.44. The van der Waals surface area contributed by atoms with E-state index in [2.05, 4.69) is 26.0 Å². The Balaban J connectivity index is 1.90. The fraction of sp³-hybridized carbons (Fsp3) is 0.150. The van der Waals surface area contributed by atoms with Crippen LogP contribution < -0.4 is 10.1 Å². The van der Waals surface area contributed by atoms with Gasteiger partial charge in [0.25, 0.3) is 5.91 Å². The SMILES string of the molecule is COC(=O)c1cccc(NC(=O)COC(=O)/C=C/c2cc(Br)ccc2OC)c1. The van der Waals surface area contributed by atoms with E-state index < -0.39 is 24.5 Å². The molecule has 2 rings (SSSR count). The number of amides is 1. The van der Waals surface area contributed by atoms with Crippen molar-refractivity contribution in [2.45, 2.75) is 0 Å². The molecule has 28 heavy (non-hydrogen) atoms. The lowest BCUT2D eigenvalue weighted by Gasteiger charge is -2.07. The molecule has 0 radical (unpaired) electrons. The molecule has 0 aromatic heterocycles. The van der Waals surface area contributed by atoms with Crippen LogP contribution >= 0.6 is 15.9 Å². The van der Waals surface area contributed by atoms with Crippen molar-refractivity contribution in [1.82, 2.24) is 0 Å². The second kappa shape index (κ2) is 10.3. The van der Waals surface area contributed by atoms with E-state index in [0.717, 1.165) is 4.47 Å². The number of ether oxygens (including phenoxy) is 3. The molecule has 0 aliphatic rings. The van der Waals surface area contributed by atoms with Crippen molar-refractivity contribution in [3.8, 4) is 5.75 Å². The second-order valence-electron chi connectivity index (χ2n) is 5.45. The molecule has 2 aromatic rings. The first-order valence-electron chi connectivity index (χ1n) is 8.09. The largest absolute Gasteiger partial charge is 0.496 e. The zero-order chi connectivity index (χ0) is 20.5. The van der Waals surface area contributed by atoms with Gasteiger partial charge in [0.05, 0.1) is 19.8 Å². The number of benzene rings is 2. The number of rotatable bonds is 7. The third kappa shape index (κ3) is 6.24. The summed E-state index contributed by atoms with van der Waals surface area (Å²) in [6.45, 7) is -0.471. The molecule has 1 N–H and O–H groups in total. The third-order valence-electron chi connectivity index (χ3n) is 3.50. The van der Waals surface area contributed by atoms with Gasteiger partial charge in [0.2, 0.25) is 0 Å². The molecule has 7 nitrogen and oxygen atoms in total. The molecule has 0 saturated carbocycles. The van der Waals surface area contributed by atoms with Crippen LogP contribution in [0.3, 0.4) is 0 Å². The highest BCUT2D eigenvalue weighted by atomic mass is 79.9. The summed E-state index contributed by atoms with van der Waals surface area (Å²) in [5, 5.41) is 2.54. The minimum Gasteiger partial charge on any atom is -0.496 e. The van der Waals surface area contributed by atoms with Crippen molar-refractivity contribution < 1.29 is 28.6 Å². The highest BCUT2D eigenvalue weighted by Crippen LogP contribution is 2.24. The first-order chi connectivity index (χ1) is 13.4. The van der Waals surface area contributed by atoms with Crippen LogP contribution in [-0.4, -0.2) is 38.7 Å². The van der Waals surface area contributed by atoms with E-state index in [9.17, 15) is 14.4 Å². The van der Waals surface area contributed by atoms with E-state index in [0.29, 0.717) is 22.6 Å². The van der Waals surface area contributed by atoms with Gasteiger partial charge in [-0.2, -0.15) is 0 Å². The van der Waals surface area contributed by atoms with E-state index in [-0.39, 0.29) is 0 Å². The fourth-order valence-electron chi connectivity index (χ4n) is 2.22. The van der Waals surface area contributed by atoms with E-state index in [1.807, 2.05) is 6.07 Å². The minimum atomic E-state index is -0.680. The lowest BCUT2D eigenvalue weighted by atomic mass is 10.2. The Morgan fingerprint density at radius 2 is 1.89 bits per heavy atom. The summed E-state index contributed by atoms with van der Waals surface area (Å²) >= 11 is 3.34. The minimum absolute atomic E-state index is 0.295. The van der Waals surface area contributed by atoms with E-state index >= 15 is 0 Å². The van der Waals surface area contributed by atoms with Gasteiger partial charge in [-0.15, -0.1) is 0 Å². The first-order valence-corrected chi connectivity index (χ1v) is 8.89. The maximum atomic E-state index is 11.9. The highest BCUT2D eigenvalue weighted by Gasteiger charge is 2.09. The number of carbonyl (C=O) groups excluding carboxylic acids is 3. The normalized spacial score (nSPS) is 10.4. The lowest BCUT2D eigenvalue weighted by molar-refractivity contribution is -0.142. The summed E-state index contributed by atoms with van der Waals surface area (Å²) in [7, 11) is 2.79. The topological polar surface area (TPSA) is 90.9 Å². The predicted molar refractivity (Wildman–Crippen MR) is 107 cm³/mol. The van der Waals surface area contributed by atoms with Gasteiger partial charge in [0.15, 0.2) is 6.61 Å². The Morgan fingerprint density at radius 3 is 2.61 bits per heavy atom. The van der Waals surface area contributed by atoms with Gasteiger partial charge in [-0.3, -0.25) is 4.79 Å². The molecule has 0 spiro atoms. The number of anilines is 1. The molecule has 0 heterocycles. The van der Waals surface area contributed by atoms with Crippen molar-refractivity contribution in [2.75, 3.05) is 26.1 Å². The van der Waals surface area contributed by atoms with Crippen LogP contribution in [0.4, 0.5) is 5.69 Å². The summed E-state index contributed by atoms with van der Waals surface area (Å²) < 4.78 is 15.6. The van der Waals surface area contributed by atoms with Crippen molar-refractivity contribution in [3.05, 3.63) is 64.1 Å². The Kier molecular flexibility index (Phi) is 7.76. The molecular weight excluding hydrogens is 430 g/mol. The smallest absolute Gasteiger partial charge is 0.337 e. The van der Waals surface area contributed by atoms with Crippen molar-refractivity contribution in [1.29, 1.82) is 0 Å². The molecular formula is C20H18BrNO6. The Bertz CT molecular complexity index is 909. The van der Waals surface area contributed by atoms with Gasteiger partial charge in [-0.1, -0.05) is 22.0 Å². The number of nitrogens with one attached hydrogen (secondary N) is 1. The van der Waals surface area contributed by atoms with Crippen LogP contribution in [0.5, 0.6) is 5.75 Å². The molecule has 0 atom stereocenters. The number of carbonyl (C=O) groups is 3. The quantitative estimate of drug-likeness (QED) is 0.516. The summed E-state index contributed by atoms with van der Waals surface area (Å²) in [6.07, 6.45) is 2.74. The van der Waals surface area contributed by atoms with E-state index in [1.165, 1.54) is 32.4 Å². The van der Waals surface area contributed by atoms with Gasteiger partial charge in [0.1, 0.15) is 5.75 Å². The molecule has 146 valence electrons. The highest BCUT2D eigenvalue weighted by molar-refractivity contribution is 9.10. The first kappa shape index (κ1) is 21.2. The number of esters is 2. The Morgan fingerprint density at radius 1 is 1.11 bits per heavy atom. The zero-order valence-corrected chi connectivity index (χ0v) is 16.8. The van der Waals surface area contributed by atoms with Gasteiger partial charge < -0.3 is 19.5 Å². The van der Waals surface area contributed by atoms with Crippen LogP contribution in [-0.2, 0) is 19.1 Å². The second-order valence-corrected chi connectivity index (χ2v) is 6.36. The molecule has 8 heteroatoms.